The lowest BCUT2D eigenvalue weighted by molar-refractivity contribution is -0.274. The molecule has 0 aliphatic rings. The third-order valence-electron chi connectivity index (χ3n) is 1.43. The Kier molecular flexibility index (Phi) is 4.14. The zero-order valence-corrected chi connectivity index (χ0v) is 10.1. The summed E-state index contributed by atoms with van der Waals surface area (Å²) in [7, 11) is 0. The van der Waals surface area contributed by atoms with Crippen LogP contribution in [0.25, 0.3) is 0 Å². The summed E-state index contributed by atoms with van der Waals surface area (Å²) < 4.78 is 39.6. The summed E-state index contributed by atoms with van der Waals surface area (Å²) in [4.78, 5) is 0. The van der Waals surface area contributed by atoms with E-state index >= 15 is 0 Å². The van der Waals surface area contributed by atoms with Gasteiger partial charge in [-0.2, -0.15) is 0 Å². The Hall–Kier alpha value is -0.130. The van der Waals surface area contributed by atoms with E-state index in [2.05, 4.69) is 20.7 Å². The molecule has 0 saturated heterocycles. The molecule has 0 atom stereocenters. The smallest absolute Gasteiger partial charge is 0.404 e. The average molecular weight is 324 g/mol. The predicted molar refractivity (Wildman–Crippen MR) is 55.8 cm³/mol. The molecule has 1 aromatic carbocycles. The normalized spacial score (nSPS) is 11.6. The molecule has 0 aliphatic heterocycles. The Bertz CT molecular complexity index is 368. The number of benzene rings is 1. The number of rotatable bonds is 2. The van der Waals surface area contributed by atoms with Crippen LogP contribution in [0.2, 0.25) is 10.0 Å². The highest BCUT2D eigenvalue weighted by molar-refractivity contribution is 9.08. The van der Waals surface area contributed by atoms with E-state index in [-0.39, 0.29) is 10.0 Å². The maximum absolute atomic E-state index is 12.0. The summed E-state index contributed by atoms with van der Waals surface area (Å²) in [6, 6.07) is 2.64. The zero-order chi connectivity index (χ0) is 11.6. The Labute approximate surface area is 102 Å². The van der Waals surface area contributed by atoms with Crippen molar-refractivity contribution < 1.29 is 17.9 Å². The van der Waals surface area contributed by atoms with Crippen LogP contribution in [0.5, 0.6) is 5.75 Å². The molecule has 0 fully saturated rings. The van der Waals surface area contributed by atoms with Gasteiger partial charge in [0, 0.05) is 5.33 Å². The van der Waals surface area contributed by atoms with Gasteiger partial charge in [-0.25, -0.2) is 0 Å². The fourth-order valence-corrected chi connectivity index (χ4v) is 1.60. The summed E-state index contributed by atoms with van der Waals surface area (Å²) in [5.41, 5.74) is 0.545. The van der Waals surface area contributed by atoms with Crippen molar-refractivity contribution >= 4 is 39.1 Å². The monoisotopic (exact) mass is 322 g/mol. The first-order valence-corrected chi connectivity index (χ1v) is 5.51. The van der Waals surface area contributed by atoms with Crippen LogP contribution in [0.1, 0.15) is 5.56 Å². The van der Waals surface area contributed by atoms with E-state index in [9.17, 15) is 13.2 Å². The van der Waals surface area contributed by atoms with Crippen LogP contribution >= 0.6 is 39.1 Å². The van der Waals surface area contributed by atoms with Gasteiger partial charge in [0.15, 0.2) is 0 Å². The molecule has 0 spiro atoms. The minimum absolute atomic E-state index is 0.0212. The Morgan fingerprint density at radius 1 is 1.27 bits per heavy atom. The highest BCUT2D eigenvalue weighted by Gasteiger charge is 2.32. The van der Waals surface area contributed by atoms with Gasteiger partial charge in [0.25, 0.3) is 0 Å². The standard InChI is InChI=1S/C8H4BrCl2F3O/c9-3-4-1-5(10)7(11)6(2-4)15-8(12,13)14/h1-2H,3H2. The highest BCUT2D eigenvalue weighted by Crippen LogP contribution is 2.36. The van der Waals surface area contributed by atoms with Gasteiger partial charge in [0.05, 0.1) is 5.02 Å². The van der Waals surface area contributed by atoms with Crippen molar-refractivity contribution in [3.8, 4) is 5.75 Å². The molecule has 0 heterocycles. The topological polar surface area (TPSA) is 9.23 Å². The second kappa shape index (κ2) is 4.80. The first-order valence-electron chi connectivity index (χ1n) is 3.63. The van der Waals surface area contributed by atoms with Gasteiger partial charge in [-0.3, -0.25) is 0 Å². The van der Waals surface area contributed by atoms with E-state index in [1.807, 2.05) is 0 Å². The van der Waals surface area contributed by atoms with Crippen molar-refractivity contribution in [2.24, 2.45) is 0 Å². The Morgan fingerprint density at radius 3 is 2.33 bits per heavy atom. The third-order valence-corrected chi connectivity index (χ3v) is 2.87. The molecule has 84 valence electrons. The van der Waals surface area contributed by atoms with Gasteiger partial charge in [-0.15, -0.1) is 13.2 Å². The number of hydrogen-bond acceptors (Lipinski definition) is 1. The fraction of sp³-hybridized carbons (Fsp3) is 0.250. The largest absolute Gasteiger partial charge is 0.573 e. The van der Waals surface area contributed by atoms with Crippen molar-refractivity contribution in [2.45, 2.75) is 11.7 Å². The molecule has 0 aromatic heterocycles. The van der Waals surface area contributed by atoms with Gasteiger partial charge >= 0.3 is 6.36 Å². The molecule has 1 rings (SSSR count). The summed E-state index contributed by atoms with van der Waals surface area (Å²) >= 11 is 14.3. The maximum atomic E-state index is 12.0. The number of hydrogen-bond donors (Lipinski definition) is 0. The van der Waals surface area contributed by atoms with Crippen LogP contribution in [0.3, 0.4) is 0 Å². The molecular weight excluding hydrogens is 320 g/mol. The van der Waals surface area contributed by atoms with Crippen molar-refractivity contribution in [1.29, 1.82) is 0 Å². The minimum Gasteiger partial charge on any atom is -0.404 e. The number of ether oxygens (including phenoxy) is 1. The van der Waals surface area contributed by atoms with E-state index in [0.29, 0.717) is 10.9 Å². The van der Waals surface area contributed by atoms with Gasteiger partial charge in [0.2, 0.25) is 0 Å². The van der Waals surface area contributed by atoms with E-state index < -0.39 is 12.1 Å². The molecule has 0 unspecified atom stereocenters. The van der Waals surface area contributed by atoms with Crippen LogP contribution in [-0.2, 0) is 5.33 Å². The second-order valence-electron chi connectivity index (χ2n) is 2.57. The molecule has 0 aliphatic carbocycles. The summed E-state index contributed by atoms with van der Waals surface area (Å²) in [6.07, 6.45) is -4.78. The molecule has 0 amide bonds. The molecule has 1 aromatic rings. The lowest BCUT2D eigenvalue weighted by Gasteiger charge is -2.12. The molecule has 0 bridgehead atoms. The van der Waals surface area contributed by atoms with Gasteiger partial charge in [-0.05, 0) is 17.7 Å². The zero-order valence-electron chi connectivity index (χ0n) is 7.04. The van der Waals surface area contributed by atoms with Crippen molar-refractivity contribution in [3.05, 3.63) is 27.7 Å². The van der Waals surface area contributed by atoms with Gasteiger partial charge in [-0.1, -0.05) is 39.1 Å². The van der Waals surface area contributed by atoms with Crippen molar-refractivity contribution in [3.63, 3.8) is 0 Å². The van der Waals surface area contributed by atoms with E-state index in [1.54, 1.807) is 0 Å². The summed E-state index contributed by atoms with van der Waals surface area (Å²) in [5.74, 6) is -0.494. The summed E-state index contributed by atoms with van der Waals surface area (Å²) in [5, 5.41) is 0.129. The summed E-state index contributed by atoms with van der Waals surface area (Å²) in [6.45, 7) is 0. The molecular formula is C8H4BrCl2F3O. The highest BCUT2D eigenvalue weighted by atomic mass is 79.9. The third kappa shape index (κ3) is 3.74. The van der Waals surface area contributed by atoms with Crippen LogP contribution in [-0.4, -0.2) is 6.36 Å². The average Bonchev–Trinajstić information content (AvgIpc) is 2.10. The first kappa shape index (κ1) is 12.9. The molecule has 1 nitrogen and oxygen atoms in total. The van der Waals surface area contributed by atoms with E-state index in [0.717, 1.165) is 0 Å². The lowest BCUT2D eigenvalue weighted by Crippen LogP contribution is -2.17. The van der Waals surface area contributed by atoms with Crippen molar-refractivity contribution in [1.82, 2.24) is 0 Å². The fourth-order valence-electron chi connectivity index (χ4n) is 0.893. The van der Waals surface area contributed by atoms with E-state index in [4.69, 9.17) is 23.2 Å². The second-order valence-corrected chi connectivity index (χ2v) is 3.92. The first-order chi connectivity index (χ1) is 6.83. The molecule has 0 saturated carbocycles. The molecule has 0 radical (unpaired) electrons. The Balaban J connectivity index is 3.11. The predicted octanol–water partition coefficient (Wildman–Crippen LogP) is 4.79. The van der Waals surface area contributed by atoms with Crippen LogP contribution in [0, 0.1) is 0 Å². The Morgan fingerprint density at radius 2 is 1.87 bits per heavy atom. The quantitative estimate of drug-likeness (QED) is 0.711. The van der Waals surface area contributed by atoms with Crippen LogP contribution in [0.15, 0.2) is 12.1 Å². The maximum Gasteiger partial charge on any atom is 0.573 e. The lowest BCUT2D eigenvalue weighted by atomic mass is 10.2. The number of halogens is 6. The molecule has 0 N–H and O–H groups in total. The number of alkyl halides is 4. The molecule has 7 heteroatoms. The van der Waals surface area contributed by atoms with Gasteiger partial charge < -0.3 is 4.74 Å². The molecule has 15 heavy (non-hydrogen) atoms. The van der Waals surface area contributed by atoms with Crippen LogP contribution < -0.4 is 4.74 Å². The van der Waals surface area contributed by atoms with Crippen molar-refractivity contribution in [2.75, 3.05) is 0 Å². The van der Waals surface area contributed by atoms with Gasteiger partial charge in [0.1, 0.15) is 10.8 Å². The minimum atomic E-state index is -4.78. The SMILES string of the molecule is FC(F)(F)Oc1cc(CBr)cc(Cl)c1Cl. The van der Waals surface area contributed by atoms with E-state index in [1.165, 1.54) is 12.1 Å². The van der Waals surface area contributed by atoms with Crippen LogP contribution in [0.4, 0.5) is 13.2 Å².